The van der Waals surface area contributed by atoms with Crippen LogP contribution in [0.15, 0.2) is 23.2 Å². The van der Waals surface area contributed by atoms with Gasteiger partial charge in [0.15, 0.2) is 5.69 Å². The van der Waals surface area contributed by atoms with Gasteiger partial charge in [-0.15, -0.1) is 0 Å². The van der Waals surface area contributed by atoms with Gasteiger partial charge in [-0.2, -0.15) is 0 Å². The van der Waals surface area contributed by atoms with Crippen molar-refractivity contribution in [3.63, 3.8) is 0 Å². The standard InChI is InChI=1S/C23H30FN5O3/c1-23(2,3)19(22(31)25-4)27-21(30)18-17-13-28(5)8-7-9-29(17)20(26-18)14-10-15(24)12-16(11-14)32-6/h10-12H,7-9,13H2,1-6H3,(H,25,31). The molecule has 2 amide bonds. The number of fused-ring (bicyclic) bond motifs is 1. The SMILES string of the molecule is CNC(=O)C(=NC(=O)c1nc(-c2cc(F)cc(OC)c2)n2c1CN(C)CCC2)C(C)(C)C. The molecule has 0 fully saturated rings. The molecule has 32 heavy (non-hydrogen) atoms. The van der Waals surface area contributed by atoms with E-state index in [4.69, 9.17) is 4.74 Å². The van der Waals surface area contributed by atoms with E-state index >= 15 is 0 Å². The van der Waals surface area contributed by atoms with Crippen LogP contribution in [0.4, 0.5) is 4.39 Å². The Hall–Kier alpha value is -3.07. The molecule has 2 heterocycles. The molecule has 0 saturated carbocycles. The molecule has 0 atom stereocenters. The summed E-state index contributed by atoms with van der Waals surface area (Å²) in [6, 6.07) is 4.35. The number of halogens is 1. The fraction of sp³-hybridized carbons (Fsp3) is 0.478. The van der Waals surface area contributed by atoms with Crippen molar-refractivity contribution in [2.45, 2.75) is 40.3 Å². The number of hydrogen-bond acceptors (Lipinski definition) is 5. The summed E-state index contributed by atoms with van der Waals surface area (Å²) in [4.78, 5) is 36.5. The van der Waals surface area contributed by atoms with Gasteiger partial charge in [-0.3, -0.25) is 9.59 Å². The second kappa shape index (κ2) is 9.20. The van der Waals surface area contributed by atoms with Crippen molar-refractivity contribution in [2.75, 3.05) is 27.7 Å². The van der Waals surface area contributed by atoms with E-state index < -0.39 is 23.0 Å². The largest absolute Gasteiger partial charge is 0.497 e. The van der Waals surface area contributed by atoms with Crippen LogP contribution in [0, 0.1) is 11.2 Å². The van der Waals surface area contributed by atoms with Crippen molar-refractivity contribution < 1.29 is 18.7 Å². The molecular weight excluding hydrogens is 413 g/mol. The van der Waals surface area contributed by atoms with Crippen LogP contribution < -0.4 is 10.1 Å². The lowest BCUT2D eigenvalue weighted by Crippen LogP contribution is -2.37. The van der Waals surface area contributed by atoms with E-state index in [1.54, 1.807) is 6.07 Å². The highest BCUT2D eigenvalue weighted by atomic mass is 19.1. The average Bonchev–Trinajstić information content (AvgIpc) is 2.96. The lowest BCUT2D eigenvalue weighted by Gasteiger charge is -2.19. The van der Waals surface area contributed by atoms with E-state index in [1.807, 2.05) is 32.4 Å². The van der Waals surface area contributed by atoms with Gasteiger partial charge in [0, 0.05) is 37.2 Å². The summed E-state index contributed by atoms with van der Waals surface area (Å²) in [7, 11) is 4.94. The first-order valence-electron chi connectivity index (χ1n) is 10.5. The first kappa shape index (κ1) is 23.6. The van der Waals surface area contributed by atoms with Crippen LogP contribution in [-0.2, 0) is 17.9 Å². The molecule has 1 aliphatic rings. The number of benzene rings is 1. The normalized spacial score (nSPS) is 15.2. The predicted octanol–water partition coefficient (Wildman–Crippen LogP) is 2.91. The Morgan fingerprint density at radius 3 is 2.56 bits per heavy atom. The van der Waals surface area contributed by atoms with Gasteiger partial charge in [0.25, 0.3) is 11.8 Å². The van der Waals surface area contributed by atoms with Gasteiger partial charge in [-0.05, 0) is 32.1 Å². The predicted molar refractivity (Wildman–Crippen MR) is 120 cm³/mol. The highest BCUT2D eigenvalue weighted by Crippen LogP contribution is 2.30. The Morgan fingerprint density at radius 2 is 1.94 bits per heavy atom. The van der Waals surface area contributed by atoms with E-state index in [1.165, 1.54) is 26.3 Å². The third-order valence-corrected chi connectivity index (χ3v) is 5.35. The minimum Gasteiger partial charge on any atom is -0.497 e. The van der Waals surface area contributed by atoms with Gasteiger partial charge in [-0.25, -0.2) is 14.4 Å². The molecule has 8 nitrogen and oxygen atoms in total. The van der Waals surface area contributed by atoms with Crippen LogP contribution in [0.25, 0.3) is 11.4 Å². The van der Waals surface area contributed by atoms with Crippen LogP contribution in [0.2, 0.25) is 0 Å². The van der Waals surface area contributed by atoms with Crippen LogP contribution in [0.5, 0.6) is 5.75 Å². The van der Waals surface area contributed by atoms with Crippen LogP contribution in [0.3, 0.4) is 0 Å². The molecule has 1 aliphatic heterocycles. The molecule has 172 valence electrons. The fourth-order valence-corrected chi connectivity index (χ4v) is 3.75. The first-order chi connectivity index (χ1) is 15.0. The summed E-state index contributed by atoms with van der Waals surface area (Å²) >= 11 is 0. The summed E-state index contributed by atoms with van der Waals surface area (Å²) in [6.07, 6.45) is 0.849. The third kappa shape index (κ3) is 4.88. The maximum Gasteiger partial charge on any atom is 0.297 e. The molecule has 0 unspecified atom stereocenters. The van der Waals surface area contributed by atoms with Crippen LogP contribution in [0.1, 0.15) is 43.4 Å². The number of aromatic nitrogens is 2. The van der Waals surface area contributed by atoms with Crippen molar-refractivity contribution in [3.05, 3.63) is 35.4 Å². The van der Waals surface area contributed by atoms with Crippen molar-refractivity contribution in [2.24, 2.45) is 10.4 Å². The summed E-state index contributed by atoms with van der Waals surface area (Å²) < 4.78 is 21.4. The Labute approximate surface area is 187 Å². The number of ether oxygens (including phenoxy) is 1. The molecular formula is C23H30FN5O3. The highest BCUT2D eigenvalue weighted by molar-refractivity contribution is 6.42. The van der Waals surface area contributed by atoms with E-state index in [9.17, 15) is 14.0 Å². The van der Waals surface area contributed by atoms with Gasteiger partial charge >= 0.3 is 0 Å². The number of amides is 2. The van der Waals surface area contributed by atoms with Crippen molar-refractivity contribution >= 4 is 17.5 Å². The molecule has 2 aromatic rings. The quantitative estimate of drug-likeness (QED) is 0.734. The van der Waals surface area contributed by atoms with E-state index in [-0.39, 0.29) is 11.4 Å². The molecule has 0 spiro atoms. The number of rotatable bonds is 4. The Morgan fingerprint density at radius 1 is 1.22 bits per heavy atom. The maximum atomic E-state index is 14.2. The minimum absolute atomic E-state index is 0.128. The molecule has 1 aromatic carbocycles. The van der Waals surface area contributed by atoms with Gasteiger partial charge in [0.05, 0.1) is 12.8 Å². The van der Waals surface area contributed by atoms with Crippen LogP contribution in [-0.4, -0.2) is 59.7 Å². The molecule has 0 saturated heterocycles. The number of carbonyl (C=O) groups is 2. The monoisotopic (exact) mass is 443 g/mol. The Bertz CT molecular complexity index is 1070. The van der Waals surface area contributed by atoms with Gasteiger partial charge in [0.1, 0.15) is 23.1 Å². The third-order valence-electron chi connectivity index (χ3n) is 5.35. The van der Waals surface area contributed by atoms with Crippen molar-refractivity contribution in [1.82, 2.24) is 19.8 Å². The summed E-state index contributed by atoms with van der Waals surface area (Å²) in [5.74, 6) is -0.619. The summed E-state index contributed by atoms with van der Waals surface area (Å²) in [5, 5.41) is 2.55. The number of methoxy groups -OCH3 is 1. The first-order valence-corrected chi connectivity index (χ1v) is 10.5. The smallest absolute Gasteiger partial charge is 0.297 e. The maximum absolute atomic E-state index is 14.2. The molecule has 0 radical (unpaired) electrons. The minimum atomic E-state index is -0.637. The summed E-state index contributed by atoms with van der Waals surface area (Å²) in [5.41, 5.74) is 0.868. The molecule has 0 bridgehead atoms. The molecule has 0 aliphatic carbocycles. The fourth-order valence-electron chi connectivity index (χ4n) is 3.75. The molecule has 1 aromatic heterocycles. The number of imidazole rings is 1. The van der Waals surface area contributed by atoms with Gasteiger partial charge < -0.3 is 19.5 Å². The second-order valence-corrected chi connectivity index (χ2v) is 8.95. The molecule has 3 rings (SSSR count). The highest BCUT2D eigenvalue weighted by Gasteiger charge is 2.30. The van der Waals surface area contributed by atoms with Gasteiger partial charge in [-0.1, -0.05) is 20.8 Å². The van der Waals surface area contributed by atoms with E-state index in [0.717, 1.165) is 13.0 Å². The summed E-state index contributed by atoms with van der Waals surface area (Å²) in [6.45, 7) is 7.41. The van der Waals surface area contributed by atoms with Crippen molar-refractivity contribution in [1.29, 1.82) is 0 Å². The zero-order chi connectivity index (χ0) is 23.6. The lowest BCUT2D eigenvalue weighted by atomic mass is 9.89. The second-order valence-electron chi connectivity index (χ2n) is 8.95. The van der Waals surface area contributed by atoms with Crippen molar-refractivity contribution in [3.8, 4) is 17.1 Å². The van der Waals surface area contributed by atoms with E-state index in [0.29, 0.717) is 35.9 Å². The Balaban J connectivity index is 2.19. The van der Waals surface area contributed by atoms with Crippen LogP contribution >= 0.6 is 0 Å². The Kier molecular flexibility index (Phi) is 6.78. The number of aliphatic imine (C=N–C) groups is 1. The van der Waals surface area contributed by atoms with Gasteiger partial charge in [0.2, 0.25) is 0 Å². The zero-order valence-corrected chi connectivity index (χ0v) is 19.5. The average molecular weight is 444 g/mol. The number of carbonyl (C=O) groups excluding carboxylic acids is 2. The zero-order valence-electron chi connectivity index (χ0n) is 19.5. The number of hydrogen-bond donors (Lipinski definition) is 1. The topological polar surface area (TPSA) is 88.8 Å². The molecule has 1 N–H and O–H groups in total. The number of nitrogens with zero attached hydrogens (tertiary/aromatic N) is 4. The van der Waals surface area contributed by atoms with E-state index in [2.05, 4.69) is 20.2 Å². The lowest BCUT2D eigenvalue weighted by molar-refractivity contribution is -0.114. The number of nitrogens with one attached hydrogen (secondary N) is 1. The molecule has 9 heteroatoms.